The summed E-state index contributed by atoms with van der Waals surface area (Å²) in [5.74, 6) is 1.13. The van der Waals surface area contributed by atoms with Gasteiger partial charge in [0.05, 0.1) is 68.3 Å². The van der Waals surface area contributed by atoms with Crippen molar-refractivity contribution >= 4 is 0 Å². The summed E-state index contributed by atoms with van der Waals surface area (Å²) in [6.45, 7) is 0. The number of pyridine rings is 5. The lowest BCUT2D eigenvalue weighted by atomic mass is 10.1. The van der Waals surface area contributed by atoms with E-state index < -0.39 is 0 Å². The molecule has 54 heavy (non-hydrogen) atoms. The van der Waals surface area contributed by atoms with Crippen LogP contribution in [0.15, 0.2) is 176 Å². The zero-order valence-electron chi connectivity index (χ0n) is 28.8. The van der Waals surface area contributed by atoms with Gasteiger partial charge >= 0.3 is 0 Å². The van der Waals surface area contributed by atoms with Crippen molar-refractivity contribution in [2.45, 2.75) is 0 Å². The van der Waals surface area contributed by atoms with Gasteiger partial charge in [-0.1, -0.05) is 91.0 Å². The molecule has 0 amide bonds. The van der Waals surface area contributed by atoms with Crippen LogP contribution in [0.25, 0.3) is 91.1 Å². The molecule has 0 bridgehead atoms. The summed E-state index contributed by atoms with van der Waals surface area (Å²) in [6, 6.07) is 52.8. The van der Waals surface area contributed by atoms with Crippen molar-refractivity contribution in [2.24, 2.45) is 0 Å². The van der Waals surface area contributed by atoms with E-state index in [1.54, 1.807) is 12.4 Å². The van der Waals surface area contributed by atoms with Crippen LogP contribution in [0, 0.1) is 0 Å². The SMILES string of the molecule is c1ccc(-c2nc(-c3cccc(-c4ccccn4)n3)cc(-c3cccc(-c4cc(-c5cccc(-c6ccccn6)n5)nc(-c5ccccc5)n4)n3)n2)cc1. The van der Waals surface area contributed by atoms with E-state index in [0.29, 0.717) is 57.2 Å². The molecule has 0 aliphatic heterocycles. The molecule has 7 heterocycles. The van der Waals surface area contributed by atoms with Gasteiger partial charge in [0.2, 0.25) is 0 Å². The molecule has 0 fully saturated rings. The Balaban J connectivity index is 1.16. The average Bonchev–Trinajstić information content (AvgIpc) is 3.27. The van der Waals surface area contributed by atoms with Gasteiger partial charge in [-0.05, 0) is 72.8 Å². The second kappa shape index (κ2) is 14.5. The van der Waals surface area contributed by atoms with Gasteiger partial charge in [0.25, 0.3) is 0 Å². The van der Waals surface area contributed by atoms with Gasteiger partial charge in [0.1, 0.15) is 0 Å². The largest absolute Gasteiger partial charge is 0.255 e. The summed E-state index contributed by atoms with van der Waals surface area (Å²) >= 11 is 0. The van der Waals surface area contributed by atoms with Gasteiger partial charge in [-0.2, -0.15) is 0 Å². The maximum atomic E-state index is 5.14. The lowest BCUT2D eigenvalue weighted by Crippen LogP contribution is -2.00. The Bertz CT molecular complexity index is 2520. The van der Waals surface area contributed by atoms with E-state index in [9.17, 15) is 0 Å². The van der Waals surface area contributed by atoms with Crippen LogP contribution in [-0.4, -0.2) is 44.9 Å². The van der Waals surface area contributed by atoms with Crippen molar-refractivity contribution in [1.82, 2.24) is 44.9 Å². The first-order valence-corrected chi connectivity index (χ1v) is 17.4. The second-order valence-corrected chi connectivity index (χ2v) is 12.3. The topological polar surface area (TPSA) is 116 Å². The second-order valence-electron chi connectivity index (χ2n) is 12.3. The van der Waals surface area contributed by atoms with Gasteiger partial charge in [-0.3, -0.25) is 9.97 Å². The van der Waals surface area contributed by atoms with Gasteiger partial charge in [0.15, 0.2) is 11.6 Å². The third-order valence-corrected chi connectivity index (χ3v) is 8.67. The zero-order chi connectivity index (χ0) is 36.1. The molecule has 7 aromatic heterocycles. The molecule has 0 unspecified atom stereocenters. The van der Waals surface area contributed by atoms with Crippen LogP contribution in [0.4, 0.5) is 0 Å². The van der Waals surface area contributed by atoms with Crippen molar-refractivity contribution in [3.63, 3.8) is 0 Å². The van der Waals surface area contributed by atoms with Gasteiger partial charge in [-0.15, -0.1) is 0 Å². The molecule has 0 aliphatic rings. The molecule has 0 saturated heterocycles. The van der Waals surface area contributed by atoms with E-state index in [0.717, 1.165) is 33.9 Å². The molecule has 0 radical (unpaired) electrons. The first kappa shape index (κ1) is 32.3. The Hall–Kier alpha value is -7.65. The number of aromatic nitrogens is 9. The average molecular weight is 696 g/mol. The molecule has 254 valence electrons. The van der Waals surface area contributed by atoms with E-state index in [1.807, 2.05) is 164 Å². The van der Waals surface area contributed by atoms with E-state index >= 15 is 0 Å². The van der Waals surface area contributed by atoms with Crippen LogP contribution in [-0.2, 0) is 0 Å². The van der Waals surface area contributed by atoms with Crippen LogP contribution in [0.2, 0.25) is 0 Å². The Morgan fingerprint density at radius 2 is 0.519 bits per heavy atom. The molecule has 9 nitrogen and oxygen atoms in total. The number of hydrogen-bond donors (Lipinski definition) is 0. The number of nitrogens with zero attached hydrogens (tertiary/aromatic N) is 9. The standard InChI is InChI=1S/C45H29N9/c1-3-14-30(15-4-1)44-51-40(36-22-11-20-34(48-36)32-18-7-9-26-46-32)28-42(53-44)38-24-13-25-39(50-38)43-29-41(52-45(54-43)31-16-5-2-6-17-31)37-23-12-21-35(49-37)33-19-8-10-27-47-33/h1-29H. The van der Waals surface area contributed by atoms with Crippen LogP contribution in [0.1, 0.15) is 0 Å². The summed E-state index contributed by atoms with van der Waals surface area (Å²) in [5, 5.41) is 0. The van der Waals surface area contributed by atoms with Gasteiger partial charge in [-0.25, -0.2) is 34.9 Å². The minimum absolute atomic E-state index is 0.565. The monoisotopic (exact) mass is 695 g/mol. The van der Waals surface area contributed by atoms with Crippen LogP contribution < -0.4 is 0 Å². The predicted octanol–water partition coefficient (Wildman–Crippen LogP) is 9.58. The minimum Gasteiger partial charge on any atom is -0.255 e. The summed E-state index contributed by atoms with van der Waals surface area (Å²) in [6.07, 6.45) is 3.52. The third kappa shape index (κ3) is 6.84. The molecule has 9 rings (SSSR count). The highest BCUT2D eigenvalue weighted by molar-refractivity contribution is 5.74. The van der Waals surface area contributed by atoms with E-state index in [2.05, 4.69) is 9.97 Å². The highest BCUT2D eigenvalue weighted by Crippen LogP contribution is 2.31. The minimum atomic E-state index is 0.565. The Labute approximate surface area is 311 Å². The normalized spacial score (nSPS) is 11.0. The predicted molar refractivity (Wildman–Crippen MR) is 210 cm³/mol. The molecule has 0 aliphatic carbocycles. The molecular formula is C45H29N9. The quantitative estimate of drug-likeness (QED) is 0.153. The van der Waals surface area contributed by atoms with Crippen LogP contribution in [0.5, 0.6) is 0 Å². The van der Waals surface area contributed by atoms with Gasteiger partial charge < -0.3 is 0 Å². The number of benzene rings is 2. The van der Waals surface area contributed by atoms with E-state index in [-0.39, 0.29) is 0 Å². The molecule has 0 atom stereocenters. The molecule has 9 aromatic rings. The Morgan fingerprint density at radius 3 is 0.833 bits per heavy atom. The molecule has 0 spiro atoms. The van der Waals surface area contributed by atoms with Crippen LogP contribution >= 0.6 is 0 Å². The molecule has 0 N–H and O–H groups in total. The molecule has 0 saturated carbocycles. The van der Waals surface area contributed by atoms with Crippen molar-refractivity contribution in [3.05, 3.63) is 176 Å². The number of hydrogen-bond acceptors (Lipinski definition) is 9. The number of rotatable bonds is 8. The van der Waals surface area contributed by atoms with Crippen molar-refractivity contribution < 1.29 is 0 Å². The van der Waals surface area contributed by atoms with Crippen molar-refractivity contribution in [2.75, 3.05) is 0 Å². The smallest absolute Gasteiger partial charge is 0.160 e. The zero-order valence-corrected chi connectivity index (χ0v) is 28.8. The first-order chi connectivity index (χ1) is 26.7. The summed E-state index contributed by atoms with van der Waals surface area (Å²) in [4.78, 5) is 44.0. The highest BCUT2D eigenvalue weighted by atomic mass is 15.0. The summed E-state index contributed by atoms with van der Waals surface area (Å²) in [5.41, 5.74) is 10.2. The van der Waals surface area contributed by atoms with E-state index in [4.69, 9.17) is 34.9 Å². The summed E-state index contributed by atoms with van der Waals surface area (Å²) < 4.78 is 0. The first-order valence-electron chi connectivity index (χ1n) is 17.4. The molecule has 9 heteroatoms. The molecular weight excluding hydrogens is 667 g/mol. The fourth-order valence-electron chi connectivity index (χ4n) is 6.04. The summed E-state index contributed by atoms with van der Waals surface area (Å²) in [7, 11) is 0. The van der Waals surface area contributed by atoms with Crippen LogP contribution in [0.3, 0.4) is 0 Å². The van der Waals surface area contributed by atoms with Gasteiger partial charge in [0, 0.05) is 23.5 Å². The lowest BCUT2D eigenvalue weighted by molar-refractivity contribution is 1.13. The van der Waals surface area contributed by atoms with Crippen molar-refractivity contribution in [3.8, 4) is 91.1 Å². The third-order valence-electron chi connectivity index (χ3n) is 8.67. The Kier molecular flexibility index (Phi) is 8.68. The molecule has 2 aromatic carbocycles. The highest BCUT2D eigenvalue weighted by Gasteiger charge is 2.17. The Morgan fingerprint density at radius 1 is 0.222 bits per heavy atom. The van der Waals surface area contributed by atoms with E-state index in [1.165, 1.54) is 0 Å². The fourth-order valence-corrected chi connectivity index (χ4v) is 6.04. The maximum absolute atomic E-state index is 5.14. The van der Waals surface area contributed by atoms with Crippen molar-refractivity contribution in [1.29, 1.82) is 0 Å². The lowest BCUT2D eigenvalue weighted by Gasteiger charge is -2.11. The maximum Gasteiger partial charge on any atom is 0.160 e. The fraction of sp³-hybridized carbons (Fsp3) is 0.